The molecule has 1 rings (SSSR count). The topological polar surface area (TPSA) is 75.4 Å². The van der Waals surface area contributed by atoms with Crippen molar-refractivity contribution in [2.75, 3.05) is 19.6 Å². The van der Waals surface area contributed by atoms with Crippen molar-refractivity contribution in [3.05, 3.63) is 0 Å². The highest BCUT2D eigenvalue weighted by Gasteiger charge is 2.21. The van der Waals surface area contributed by atoms with Crippen molar-refractivity contribution in [1.29, 1.82) is 0 Å². The number of piperidine rings is 1. The molecule has 1 saturated heterocycles. The van der Waals surface area contributed by atoms with E-state index in [2.05, 4.69) is 17.1 Å². The van der Waals surface area contributed by atoms with Crippen LogP contribution in [0.5, 0.6) is 0 Å². The van der Waals surface area contributed by atoms with Gasteiger partial charge in [-0.25, -0.2) is 0 Å². The number of carbonyl (C=O) groups is 2. The molecule has 21 heavy (non-hydrogen) atoms. The van der Waals surface area contributed by atoms with Gasteiger partial charge in [0.25, 0.3) is 0 Å². The van der Waals surface area contributed by atoms with Crippen molar-refractivity contribution in [3.8, 4) is 0 Å². The Labute approximate surface area is 128 Å². The van der Waals surface area contributed by atoms with Crippen LogP contribution in [0.4, 0.5) is 0 Å². The fourth-order valence-corrected chi connectivity index (χ4v) is 2.82. The van der Waals surface area contributed by atoms with Crippen molar-refractivity contribution in [1.82, 2.24) is 10.2 Å². The van der Waals surface area contributed by atoms with Gasteiger partial charge >= 0.3 is 0 Å². The van der Waals surface area contributed by atoms with Crippen LogP contribution in [0.25, 0.3) is 0 Å². The van der Waals surface area contributed by atoms with Gasteiger partial charge in [-0.2, -0.15) is 0 Å². The molecule has 1 heterocycles. The second kappa shape index (κ2) is 10.6. The lowest BCUT2D eigenvalue weighted by molar-refractivity contribution is -0.123. The molecule has 5 heteroatoms. The minimum Gasteiger partial charge on any atom is -0.369 e. The zero-order chi connectivity index (χ0) is 15.5. The number of unbranched alkanes of at least 4 members (excludes halogenated alkanes) is 5. The van der Waals surface area contributed by atoms with Gasteiger partial charge in [0.2, 0.25) is 11.8 Å². The van der Waals surface area contributed by atoms with E-state index in [0.717, 1.165) is 38.8 Å². The van der Waals surface area contributed by atoms with Crippen LogP contribution in [0.2, 0.25) is 0 Å². The SMILES string of the molecule is CCCCCCCCC(=O)NC1CCN(CC(N)=O)CC1. The normalized spacial score (nSPS) is 16.8. The van der Waals surface area contributed by atoms with Gasteiger partial charge in [0.1, 0.15) is 0 Å². The fraction of sp³-hybridized carbons (Fsp3) is 0.875. The van der Waals surface area contributed by atoms with E-state index in [9.17, 15) is 9.59 Å². The number of nitrogens with zero attached hydrogens (tertiary/aromatic N) is 1. The molecule has 0 bridgehead atoms. The van der Waals surface area contributed by atoms with Crippen molar-refractivity contribution in [2.24, 2.45) is 5.73 Å². The number of amides is 2. The third-order valence-electron chi connectivity index (χ3n) is 4.09. The van der Waals surface area contributed by atoms with E-state index in [-0.39, 0.29) is 17.9 Å². The van der Waals surface area contributed by atoms with Gasteiger partial charge in [-0.05, 0) is 19.3 Å². The Morgan fingerprint density at radius 1 is 1.10 bits per heavy atom. The highest BCUT2D eigenvalue weighted by atomic mass is 16.2. The molecule has 0 spiro atoms. The van der Waals surface area contributed by atoms with Gasteiger partial charge < -0.3 is 11.1 Å². The van der Waals surface area contributed by atoms with Gasteiger partial charge in [0.15, 0.2) is 0 Å². The quantitative estimate of drug-likeness (QED) is 0.604. The Balaban J connectivity index is 2.04. The van der Waals surface area contributed by atoms with Gasteiger partial charge in [-0.15, -0.1) is 0 Å². The highest BCUT2D eigenvalue weighted by molar-refractivity contribution is 5.76. The van der Waals surface area contributed by atoms with Crippen LogP contribution < -0.4 is 11.1 Å². The summed E-state index contributed by atoms with van der Waals surface area (Å²) in [5, 5.41) is 3.11. The predicted octanol–water partition coefficient (Wildman–Crippen LogP) is 1.80. The Morgan fingerprint density at radius 3 is 2.33 bits per heavy atom. The van der Waals surface area contributed by atoms with Crippen molar-refractivity contribution >= 4 is 11.8 Å². The zero-order valence-electron chi connectivity index (χ0n) is 13.4. The summed E-state index contributed by atoms with van der Waals surface area (Å²) < 4.78 is 0. The van der Waals surface area contributed by atoms with Gasteiger partial charge in [0.05, 0.1) is 6.54 Å². The molecule has 0 saturated carbocycles. The maximum absolute atomic E-state index is 11.9. The molecule has 0 unspecified atom stereocenters. The van der Waals surface area contributed by atoms with Crippen molar-refractivity contribution < 1.29 is 9.59 Å². The van der Waals surface area contributed by atoms with E-state index in [4.69, 9.17) is 5.73 Å². The maximum atomic E-state index is 11.9. The molecule has 1 aliphatic heterocycles. The summed E-state index contributed by atoms with van der Waals surface area (Å²) in [6.07, 6.45) is 9.72. The number of carbonyl (C=O) groups excluding carboxylic acids is 2. The lowest BCUT2D eigenvalue weighted by Gasteiger charge is -2.31. The molecule has 122 valence electrons. The molecular weight excluding hydrogens is 266 g/mol. The molecule has 0 aliphatic carbocycles. The molecule has 0 aromatic heterocycles. The second-order valence-corrected chi connectivity index (χ2v) is 6.10. The first-order valence-corrected chi connectivity index (χ1v) is 8.41. The highest BCUT2D eigenvalue weighted by Crippen LogP contribution is 2.11. The molecule has 0 radical (unpaired) electrons. The third-order valence-corrected chi connectivity index (χ3v) is 4.09. The van der Waals surface area contributed by atoms with Crippen LogP contribution in [0.3, 0.4) is 0 Å². The number of rotatable bonds is 10. The average Bonchev–Trinajstić information content (AvgIpc) is 2.44. The second-order valence-electron chi connectivity index (χ2n) is 6.10. The molecule has 1 aliphatic rings. The van der Waals surface area contributed by atoms with Crippen molar-refractivity contribution in [2.45, 2.75) is 70.8 Å². The van der Waals surface area contributed by atoms with Crippen LogP contribution >= 0.6 is 0 Å². The summed E-state index contributed by atoms with van der Waals surface area (Å²) in [7, 11) is 0. The summed E-state index contributed by atoms with van der Waals surface area (Å²) in [6, 6.07) is 0.265. The first kappa shape index (κ1) is 18.0. The van der Waals surface area contributed by atoms with Gasteiger partial charge in [0, 0.05) is 25.6 Å². The lowest BCUT2D eigenvalue weighted by atomic mass is 10.0. The smallest absolute Gasteiger partial charge is 0.231 e. The number of hydrogen-bond acceptors (Lipinski definition) is 3. The predicted molar refractivity (Wildman–Crippen MR) is 84.8 cm³/mol. The van der Waals surface area contributed by atoms with E-state index in [1.54, 1.807) is 0 Å². The molecule has 1 fully saturated rings. The van der Waals surface area contributed by atoms with Crippen LogP contribution in [-0.2, 0) is 9.59 Å². The summed E-state index contributed by atoms with van der Waals surface area (Å²) in [6.45, 7) is 4.22. The summed E-state index contributed by atoms with van der Waals surface area (Å²) in [5.74, 6) is -0.0978. The van der Waals surface area contributed by atoms with Crippen molar-refractivity contribution in [3.63, 3.8) is 0 Å². The van der Waals surface area contributed by atoms with E-state index in [1.165, 1.54) is 25.7 Å². The minimum absolute atomic E-state index is 0.179. The Kier molecular flexibility index (Phi) is 9.06. The molecule has 2 amide bonds. The van der Waals surface area contributed by atoms with Crippen LogP contribution in [-0.4, -0.2) is 42.4 Å². The van der Waals surface area contributed by atoms with E-state index >= 15 is 0 Å². The number of nitrogens with one attached hydrogen (secondary N) is 1. The molecule has 0 aromatic carbocycles. The van der Waals surface area contributed by atoms with E-state index in [0.29, 0.717) is 13.0 Å². The van der Waals surface area contributed by atoms with Crippen LogP contribution in [0.15, 0.2) is 0 Å². The summed E-state index contributed by atoms with van der Waals surface area (Å²) in [4.78, 5) is 24.8. The van der Waals surface area contributed by atoms with E-state index < -0.39 is 0 Å². The first-order chi connectivity index (χ1) is 10.1. The average molecular weight is 297 g/mol. The van der Waals surface area contributed by atoms with E-state index in [1.807, 2.05) is 0 Å². The largest absolute Gasteiger partial charge is 0.369 e. The molecular formula is C16H31N3O2. The molecule has 5 nitrogen and oxygen atoms in total. The molecule has 0 atom stereocenters. The number of primary amides is 1. The van der Waals surface area contributed by atoms with Gasteiger partial charge in [-0.3, -0.25) is 14.5 Å². The number of likely N-dealkylation sites (tertiary alicyclic amines) is 1. The number of nitrogens with two attached hydrogens (primary N) is 1. The number of hydrogen-bond donors (Lipinski definition) is 2. The Hall–Kier alpha value is -1.10. The lowest BCUT2D eigenvalue weighted by Crippen LogP contribution is -2.46. The third kappa shape index (κ3) is 8.71. The molecule has 0 aromatic rings. The van der Waals surface area contributed by atoms with Crippen LogP contribution in [0, 0.1) is 0 Å². The summed E-state index contributed by atoms with van der Waals surface area (Å²) >= 11 is 0. The minimum atomic E-state index is -0.277. The van der Waals surface area contributed by atoms with Crippen LogP contribution in [0.1, 0.15) is 64.7 Å². The molecule has 3 N–H and O–H groups in total. The standard InChI is InChI=1S/C16H31N3O2/c1-2-3-4-5-6-7-8-16(21)18-14-9-11-19(12-10-14)13-15(17)20/h14H,2-13H2,1H3,(H2,17,20)(H,18,21). The zero-order valence-corrected chi connectivity index (χ0v) is 13.4. The Bertz CT molecular complexity index is 313. The van der Waals surface area contributed by atoms with Gasteiger partial charge in [-0.1, -0.05) is 39.0 Å². The Morgan fingerprint density at radius 2 is 1.71 bits per heavy atom. The monoisotopic (exact) mass is 297 g/mol. The first-order valence-electron chi connectivity index (χ1n) is 8.41. The maximum Gasteiger partial charge on any atom is 0.231 e. The summed E-state index contributed by atoms with van der Waals surface area (Å²) in [5.41, 5.74) is 5.19. The fourth-order valence-electron chi connectivity index (χ4n) is 2.82.